The lowest BCUT2D eigenvalue weighted by atomic mass is 10.0. The SMILES string of the molecule is CN1CCC[C@@]1(C)COc1nc(N2CC3CCC(C2)N3)c2cnc(-c3[nH]c(=O)cc4cccc(F)c34)c(F)c2n1. The number of likely N-dealkylation sites (tertiary alicyclic amines) is 1. The van der Waals surface area contributed by atoms with E-state index in [2.05, 4.69) is 44.0 Å². The highest BCUT2D eigenvalue weighted by Gasteiger charge is 2.36. The van der Waals surface area contributed by atoms with Gasteiger partial charge in [0.25, 0.3) is 0 Å². The third-order valence-corrected chi connectivity index (χ3v) is 8.87. The fourth-order valence-corrected chi connectivity index (χ4v) is 6.50. The number of benzene rings is 1. The second-order valence-electron chi connectivity index (χ2n) is 11.6. The molecule has 0 aliphatic carbocycles. The lowest BCUT2D eigenvalue weighted by molar-refractivity contribution is 0.108. The van der Waals surface area contributed by atoms with Crippen molar-refractivity contribution < 1.29 is 13.5 Å². The lowest BCUT2D eigenvalue weighted by Gasteiger charge is -2.34. The van der Waals surface area contributed by atoms with Crippen molar-refractivity contribution in [1.29, 1.82) is 0 Å². The van der Waals surface area contributed by atoms with Crippen molar-refractivity contribution in [2.45, 2.75) is 50.2 Å². The number of pyridine rings is 2. The number of H-pyrrole nitrogens is 1. The maximum Gasteiger partial charge on any atom is 0.319 e. The van der Waals surface area contributed by atoms with Crippen molar-refractivity contribution in [1.82, 2.24) is 30.2 Å². The molecule has 3 fully saturated rings. The molecule has 11 heteroatoms. The van der Waals surface area contributed by atoms with Gasteiger partial charge in [0.15, 0.2) is 5.82 Å². The summed E-state index contributed by atoms with van der Waals surface area (Å²) in [5.41, 5.74) is -0.835. The molecule has 40 heavy (non-hydrogen) atoms. The fourth-order valence-electron chi connectivity index (χ4n) is 6.50. The molecule has 4 aromatic rings. The van der Waals surface area contributed by atoms with Gasteiger partial charge in [0.1, 0.15) is 29.5 Å². The molecule has 7 rings (SSSR count). The Bertz CT molecular complexity index is 1680. The first-order valence-corrected chi connectivity index (χ1v) is 13.8. The molecule has 0 spiro atoms. The Morgan fingerprint density at radius 2 is 1.98 bits per heavy atom. The third kappa shape index (κ3) is 4.19. The Kier molecular flexibility index (Phi) is 5.97. The highest BCUT2D eigenvalue weighted by atomic mass is 19.1. The van der Waals surface area contributed by atoms with E-state index in [0.717, 1.165) is 45.3 Å². The molecule has 3 aliphatic heterocycles. The third-order valence-electron chi connectivity index (χ3n) is 8.87. The molecule has 0 amide bonds. The number of ether oxygens (including phenoxy) is 1. The van der Waals surface area contributed by atoms with Crippen LogP contribution in [0.1, 0.15) is 32.6 Å². The van der Waals surface area contributed by atoms with Gasteiger partial charge in [-0.25, -0.2) is 8.78 Å². The molecule has 1 aromatic carbocycles. The molecule has 9 nitrogen and oxygen atoms in total. The van der Waals surface area contributed by atoms with E-state index >= 15 is 4.39 Å². The number of likely N-dealkylation sites (N-methyl/N-ethyl adjacent to an activating group) is 1. The van der Waals surface area contributed by atoms with E-state index in [-0.39, 0.29) is 33.8 Å². The summed E-state index contributed by atoms with van der Waals surface area (Å²) < 4.78 is 37.5. The van der Waals surface area contributed by atoms with Crippen LogP contribution in [0.3, 0.4) is 0 Å². The molecular weight excluding hydrogens is 516 g/mol. The number of nitrogens with one attached hydrogen (secondary N) is 2. The zero-order chi connectivity index (χ0) is 27.6. The van der Waals surface area contributed by atoms with Gasteiger partial charge in [-0.1, -0.05) is 12.1 Å². The predicted molar refractivity (Wildman–Crippen MR) is 149 cm³/mol. The predicted octanol–water partition coefficient (Wildman–Crippen LogP) is 3.62. The van der Waals surface area contributed by atoms with Crippen LogP contribution < -0.4 is 20.5 Å². The maximum absolute atomic E-state index is 16.4. The summed E-state index contributed by atoms with van der Waals surface area (Å²) in [4.78, 5) is 33.1. The molecule has 2 unspecified atom stereocenters. The van der Waals surface area contributed by atoms with Gasteiger partial charge in [0.05, 0.1) is 16.6 Å². The van der Waals surface area contributed by atoms with E-state index in [1.807, 2.05) is 0 Å². The fraction of sp³-hybridized carbons (Fsp3) is 0.448. The Morgan fingerprint density at radius 1 is 1.18 bits per heavy atom. The van der Waals surface area contributed by atoms with Crippen LogP contribution >= 0.6 is 0 Å². The molecule has 3 atom stereocenters. The van der Waals surface area contributed by atoms with Gasteiger partial charge in [-0.3, -0.25) is 14.7 Å². The Balaban J connectivity index is 1.38. The molecule has 3 aliphatic rings. The first-order chi connectivity index (χ1) is 19.3. The number of aromatic amines is 1. The summed E-state index contributed by atoms with van der Waals surface area (Å²) in [7, 11) is 2.07. The number of fused-ring (bicyclic) bond motifs is 4. The summed E-state index contributed by atoms with van der Waals surface area (Å²) in [5, 5.41) is 4.51. The van der Waals surface area contributed by atoms with Gasteiger partial charge >= 0.3 is 6.01 Å². The van der Waals surface area contributed by atoms with Gasteiger partial charge in [-0.15, -0.1) is 0 Å². The normalized spacial score (nSPS) is 24.9. The molecule has 208 valence electrons. The van der Waals surface area contributed by atoms with E-state index in [1.54, 1.807) is 6.07 Å². The van der Waals surface area contributed by atoms with E-state index in [1.165, 1.54) is 24.4 Å². The van der Waals surface area contributed by atoms with Crippen molar-refractivity contribution in [3.05, 3.63) is 52.5 Å². The van der Waals surface area contributed by atoms with Crippen molar-refractivity contribution in [2.75, 3.05) is 38.2 Å². The highest BCUT2D eigenvalue weighted by molar-refractivity contribution is 5.97. The Labute approximate surface area is 229 Å². The number of aromatic nitrogens is 4. The van der Waals surface area contributed by atoms with E-state index in [4.69, 9.17) is 9.72 Å². The van der Waals surface area contributed by atoms with Gasteiger partial charge in [-0.05, 0) is 57.7 Å². The zero-order valence-electron chi connectivity index (χ0n) is 22.5. The lowest BCUT2D eigenvalue weighted by Crippen LogP contribution is -2.51. The summed E-state index contributed by atoms with van der Waals surface area (Å²) in [6.45, 7) is 4.95. The second kappa shape index (κ2) is 9.45. The van der Waals surface area contributed by atoms with Gasteiger partial charge in [0.2, 0.25) is 5.56 Å². The summed E-state index contributed by atoms with van der Waals surface area (Å²) in [6, 6.07) is 6.43. The van der Waals surface area contributed by atoms with Crippen LogP contribution in [0.2, 0.25) is 0 Å². The van der Waals surface area contributed by atoms with Crippen molar-refractivity contribution in [2.24, 2.45) is 0 Å². The van der Waals surface area contributed by atoms with Gasteiger partial charge in [-0.2, -0.15) is 9.97 Å². The Hall–Kier alpha value is -3.70. The van der Waals surface area contributed by atoms with Crippen LogP contribution in [-0.4, -0.2) is 75.7 Å². The number of piperazine rings is 1. The quantitative estimate of drug-likeness (QED) is 0.391. The number of hydrogen-bond donors (Lipinski definition) is 2. The molecule has 3 aromatic heterocycles. The number of anilines is 1. The van der Waals surface area contributed by atoms with Crippen molar-refractivity contribution in [3.63, 3.8) is 0 Å². The standard InChI is InChI=1S/C29H31F2N7O2/c1-29(9-4-10-37(29)2)15-40-28-35-24-19(27(36-28)38-13-17-7-8-18(14-38)33-17)12-32-26(23(24)31)25-22-16(11-21(39)34-25)5-3-6-20(22)30/h3,5-6,11-12,17-18,33H,4,7-10,13-15H2,1-2H3,(H,34,39)/t17?,18?,29-/m0/s1. The van der Waals surface area contributed by atoms with Gasteiger partial charge < -0.3 is 19.9 Å². The van der Waals surface area contributed by atoms with Crippen LogP contribution in [0.4, 0.5) is 14.6 Å². The molecule has 2 N–H and O–H groups in total. The van der Waals surface area contributed by atoms with Crippen LogP contribution in [0.5, 0.6) is 6.01 Å². The van der Waals surface area contributed by atoms with Crippen molar-refractivity contribution >= 4 is 27.5 Å². The number of hydrogen-bond acceptors (Lipinski definition) is 8. The highest BCUT2D eigenvalue weighted by Crippen LogP contribution is 2.36. The molecule has 0 saturated carbocycles. The molecule has 6 heterocycles. The summed E-state index contributed by atoms with van der Waals surface area (Å²) >= 11 is 0. The van der Waals surface area contributed by atoms with E-state index in [9.17, 15) is 9.18 Å². The molecule has 2 bridgehead atoms. The van der Waals surface area contributed by atoms with Gasteiger partial charge in [0, 0.05) is 42.8 Å². The summed E-state index contributed by atoms with van der Waals surface area (Å²) in [6.07, 6.45) is 5.73. The summed E-state index contributed by atoms with van der Waals surface area (Å²) in [5.74, 6) is -0.777. The molecular formula is C29H31F2N7O2. The van der Waals surface area contributed by atoms with Crippen LogP contribution in [0, 0.1) is 11.6 Å². The molecule has 0 radical (unpaired) electrons. The van der Waals surface area contributed by atoms with Crippen LogP contribution in [-0.2, 0) is 0 Å². The minimum Gasteiger partial charge on any atom is -0.461 e. The van der Waals surface area contributed by atoms with E-state index in [0.29, 0.717) is 35.3 Å². The second-order valence-corrected chi connectivity index (χ2v) is 11.6. The topological polar surface area (TPSA) is 99.3 Å². The minimum absolute atomic E-state index is 0.0231. The smallest absolute Gasteiger partial charge is 0.319 e. The minimum atomic E-state index is -0.764. The van der Waals surface area contributed by atoms with Crippen LogP contribution in [0.15, 0.2) is 35.3 Å². The maximum atomic E-state index is 16.4. The Morgan fingerprint density at radius 3 is 2.73 bits per heavy atom. The zero-order valence-corrected chi connectivity index (χ0v) is 22.5. The van der Waals surface area contributed by atoms with E-state index < -0.39 is 17.2 Å². The number of rotatable bonds is 5. The van der Waals surface area contributed by atoms with Crippen LogP contribution in [0.25, 0.3) is 33.1 Å². The first-order valence-electron chi connectivity index (χ1n) is 13.8. The first kappa shape index (κ1) is 25.3. The average Bonchev–Trinajstić information content (AvgIpc) is 3.46. The monoisotopic (exact) mass is 547 g/mol. The largest absolute Gasteiger partial charge is 0.461 e. The van der Waals surface area contributed by atoms with Crippen molar-refractivity contribution in [3.8, 4) is 17.4 Å². The number of halogens is 2. The molecule has 3 saturated heterocycles. The number of nitrogens with zero attached hydrogens (tertiary/aromatic N) is 5. The average molecular weight is 548 g/mol.